The van der Waals surface area contributed by atoms with Crippen LogP contribution in [0.15, 0.2) is 24.3 Å². The van der Waals surface area contributed by atoms with Crippen molar-refractivity contribution in [2.45, 2.75) is 125 Å². The summed E-state index contributed by atoms with van der Waals surface area (Å²) in [5.74, 6) is 6.45. The topological polar surface area (TPSA) is 24.1 Å². The molecule has 206 valence electrons. The molecule has 2 N–H and O–H groups in total. The highest BCUT2D eigenvalue weighted by Gasteiger charge is 2.52. The third-order valence-electron chi connectivity index (χ3n) is 10.6. The fourth-order valence-corrected chi connectivity index (χ4v) is 13.7. The standard InChI is InChI=1S/C33H60N2Si/c1-20-22(3)28(19-34-32(7,8)9)29(23(20)4)26-15-17-27(18-16-26)30-24(5)21(2)25(6)31(30)36(13,14)35-33(10,11)12/h15-18,20-25,28-31,34-35H,19H2,1-14H3. The predicted molar refractivity (Wildman–Crippen MR) is 162 cm³/mol. The van der Waals surface area contributed by atoms with Crippen molar-refractivity contribution in [3.63, 3.8) is 0 Å². The van der Waals surface area contributed by atoms with Crippen LogP contribution in [-0.2, 0) is 0 Å². The maximum Gasteiger partial charge on any atom is 0.123 e. The van der Waals surface area contributed by atoms with Crippen molar-refractivity contribution >= 4 is 8.24 Å². The Morgan fingerprint density at radius 1 is 0.611 bits per heavy atom. The normalized spacial score (nSPS) is 38.1. The number of hydrogen-bond donors (Lipinski definition) is 2. The average Bonchev–Trinajstić information content (AvgIpc) is 3.10. The van der Waals surface area contributed by atoms with Gasteiger partial charge in [0.25, 0.3) is 0 Å². The molecule has 0 heterocycles. The summed E-state index contributed by atoms with van der Waals surface area (Å²) in [6.45, 7) is 35.2. The van der Waals surface area contributed by atoms with Crippen LogP contribution in [0.1, 0.15) is 106 Å². The SMILES string of the molecule is CC1C(C)C(CNC(C)(C)C)C(c2ccc(C3C(C)C(C)C(C)C3[Si](C)(C)NC(C)(C)C)cc2)C1C. The molecule has 36 heavy (non-hydrogen) atoms. The van der Waals surface area contributed by atoms with Gasteiger partial charge in [-0.15, -0.1) is 0 Å². The van der Waals surface area contributed by atoms with Gasteiger partial charge >= 0.3 is 0 Å². The molecule has 0 spiro atoms. The molecule has 3 rings (SSSR count). The third-order valence-corrected chi connectivity index (χ3v) is 14.6. The van der Waals surface area contributed by atoms with Crippen molar-refractivity contribution in [1.82, 2.24) is 10.3 Å². The van der Waals surface area contributed by atoms with Gasteiger partial charge in [-0.3, -0.25) is 0 Å². The first-order chi connectivity index (χ1) is 16.4. The van der Waals surface area contributed by atoms with Crippen LogP contribution in [0.25, 0.3) is 0 Å². The molecule has 10 unspecified atom stereocenters. The smallest absolute Gasteiger partial charge is 0.123 e. The summed E-state index contributed by atoms with van der Waals surface area (Å²) in [4.78, 5) is 4.14. The first kappa shape index (κ1) is 29.9. The summed E-state index contributed by atoms with van der Waals surface area (Å²) in [5, 5.41) is 3.85. The zero-order chi connectivity index (χ0) is 27.4. The van der Waals surface area contributed by atoms with Crippen LogP contribution < -0.4 is 10.3 Å². The van der Waals surface area contributed by atoms with Gasteiger partial charge in [-0.1, -0.05) is 78.9 Å². The third kappa shape index (κ3) is 6.15. The maximum atomic E-state index is 4.14. The molecule has 0 aliphatic heterocycles. The molecule has 0 aromatic heterocycles. The zero-order valence-corrected chi connectivity index (χ0v) is 27.3. The summed E-state index contributed by atoms with van der Waals surface area (Å²) in [6, 6.07) is 10.1. The quantitative estimate of drug-likeness (QED) is 0.373. The van der Waals surface area contributed by atoms with Gasteiger partial charge in [0.15, 0.2) is 0 Å². The fraction of sp³-hybridized carbons (Fsp3) is 0.818. The van der Waals surface area contributed by atoms with E-state index in [4.69, 9.17) is 0 Å². The minimum absolute atomic E-state index is 0.168. The lowest BCUT2D eigenvalue weighted by molar-refractivity contribution is 0.294. The van der Waals surface area contributed by atoms with Crippen molar-refractivity contribution in [2.24, 2.45) is 41.4 Å². The lowest BCUT2D eigenvalue weighted by atomic mass is 9.80. The van der Waals surface area contributed by atoms with E-state index in [9.17, 15) is 0 Å². The first-order valence-corrected chi connectivity index (χ1v) is 18.1. The van der Waals surface area contributed by atoms with E-state index in [1.807, 2.05) is 0 Å². The largest absolute Gasteiger partial charge is 0.332 e. The molecule has 2 aliphatic rings. The number of rotatable bonds is 6. The van der Waals surface area contributed by atoms with Crippen LogP contribution in [0.4, 0.5) is 0 Å². The van der Waals surface area contributed by atoms with Crippen LogP contribution in [0.2, 0.25) is 18.6 Å². The van der Waals surface area contributed by atoms with E-state index in [0.717, 1.165) is 47.6 Å². The number of benzene rings is 1. The molecule has 2 saturated carbocycles. The molecule has 0 bridgehead atoms. The van der Waals surface area contributed by atoms with Gasteiger partial charge in [-0.05, 0) is 118 Å². The van der Waals surface area contributed by atoms with E-state index < -0.39 is 8.24 Å². The first-order valence-electron chi connectivity index (χ1n) is 15.0. The van der Waals surface area contributed by atoms with Crippen LogP contribution in [-0.4, -0.2) is 25.9 Å². The monoisotopic (exact) mass is 512 g/mol. The van der Waals surface area contributed by atoms with E-state index in [1.54, 1.807) is 11.1 Å². The summed E-state index contributed by atoms with van der Waals surface area (Å²) < 4.78 is 0. The minimum atomic E-state index is -1.66. The van der Waals surface area contributed by atoms with Gasteiger partial charge in [-0.2, -0.15) is 0 Å². The summed E-state index contributed by atoms with van der Waals surface area (Å²) >= 11 is 0. The Morgan fingerprint density at radius 2 is 1.06 bits per heavy atom. The Hall–Kier alpha value is -0.643. The number of nitrogens with one attached hydrogen (secondary N) is 2. The molecule has 0 amide bonds. The van der Waals surface area contributed by atoms with Gasteiger partial charge < -0.3 is 10.3 Å². The van der Waals surface area contributed by atoms with E-state index in [1.165, 1.54) is 0 Å². The minimum Gasteiger partial charge on any atom is -0.332 e. The molecule has 0 saturated heterocycles. The van der Waals surface area contributed by atoms with Gasteiger partial charge in [0.2, 0.25) is 0 Å². The fourth-order valence-electron chi connectivity index (χ4n) is 8.59. The summed E-state index contributed by atoms with van der Waals surface area (Å²) in [6.07, 6.45) is 0. The lowest BCUT2D eigenvalue weighted by Gasteiger charge is -2.42. The molecule has 1 aromatic carbocycles. The van der Waals surface area contributed by atoms with Gasteiger partial charge in [0.1, 0.15) is 8.24 Å². The maximum absolute atomic E-state index is 4.14. The number of hydrogen-bond acceptors (Lipinski definition) is 2. The van der Waals surface area contributed by atoms with Crippen molar-refractivity contribution in [3.8, 4) is 0 Å². The predicted octanol–water partition coefficient (Wildman–Crippen LogP) is 8.67. The molecule has 0 radical (unpaired) electrons. The Labute approximate surface area is 226 Å². The zero-order valence-electron chi connectivity index (χ0n) is 26.3. The highest BCUT2D eigenvalue weighted by atomic mass is 28.3. The second-order valence-corrected chi connectivity index (χ2v) is 20.2. The molecule has 10 atom stereocenters. The van der Waals surface area contributed by atoms with Gasteiger partial charge in [0.05, 0.1) is 0 Å². The van der Waals surface area contributed by atoms with E-state index >= 15 is 0 Å². The lowest BCUT2D eigenvalue weighted by Crippen LogP contribution is -2.58. The van der Waals surface area contributed by atoms with Crippen molar-refractivity contribution in [2.75, 3.05) is 6.54 Å². The van der Waals surface area contributed by atoms with Crippen LogP contribution in [0.5, 0.6) is 0 Å². The molecule has 2 nitrogen and oxygen atoms in total. The Balaban J connectivity index is 1.92. The van der Waals surface area contributed by atoms with E-state index in [0.29, 0.717) is 17.8 Å². The van der Waals surface area contributed by atoms with Crippen LogP contribution in [0.3, 0.4) is 0 Å². The average molecular weight is 513 g/mol. The van der Waals surface area contributed by atoms with Gasteiger partial charge in [-0.25, -0.2) is 0 Å². The highest BCUT2D eigenvalue weighted by Crippen LogP contribution is 2.58. The molecular formula is C33H60N2Si. The summed E-state index contributed by atoms with van der Waals surface area (Å²) in [5.41, 5.74) is 4.24. The van der Waals surface area contributed by atoms with Crippen LogP contribution >= 0.6 is 0 Å². The molecule has 2 aliphatic carbocycles. The van der Waals surface area contributed by atoms with Crippen LogP contribution in [0, 0.1) is 41.4 Å². The Kier molecular flexibility index (Phi) is 8.72. The molecular weight excluding hydrogens is 452 g/mol. The van der Waals surface area contributed by atoms with Gasteiger partial charge in [0, 0.05) is 11.1 Å². The van der Waals surface area contributed by atoms with Crippen molar-refractivity contribution < 1.29 is 0 Å². The second kappa shape index (κ2) is 10.5. The van der Waals surface area contributed by atoms with Crippen molar-refractivity contribution in [3.05, 3.63) is 35.4 Å². The Morgan fingerprint density at radius 3 is 1.53 bits per heavy atom. The molecule has 2 fully saturated rings. The molecule has 3 heteroatoms. The van der Waals surface area contributed by atoms with Crippen molar-refractivity contribution in [1.29, 1.82) is 0 Å². The molecule has 1 aromatic rings. The van der Waals surface area contributed by atoms with E-state index in [-0.39, 0.29) is 11.1 Å². The Bertz CT molecular complexity index is 861. The highest BCUT2D eigenvalue weighted by molar-refractivity contribution is 6.76. The van der Waals surface area contributed by atoms with E-state index in [2.05, 4.69) is 131 Å². The second-order valence-electron chi connectivity index (χ2n) is 15.8. The summed E-state index contributed by atoms with van der Waals surface area (Å²) in [7, 11) is -1.66.